The summed E-state index contributed by atoms with van der Waals surface area (Å²) in [5.41, 5.74) is -0.958. The Bertz CT molecular complexity index is 95.4. The highest BCUT2D eigenvalue weighted by molar-refractivity contribution is 5.01. The van der Waals surface area contributed by atoms with Crippen molar-refractivity contribution in [2.75, 3.05) is 0 Å². The summed E-state index contributed by atoms with van der Waals surface area (Å²) >= 11 is 0. The van der Waals surface area contributed by atoms with E-state index in [1.54, 1.807) is 0 Å². The maximum absolute atomic E-state index is 9.14. The van der Waals surface area contributed by atoms with Gasteiger partial charge in [-0.05, 0) is 19.3 Å². The average molecular weight is 111 g/mol. The van der Waals surface area contributed by atoms with Gasteiger partial charge in [-0.3, -0.25) is 0 Å². The van der Waals surface area contributed by atoms with Crippen molar-refractivity contribution >= 4 is 0 Å². The zero-order valence-electron chi connectivity index (χ0n) is 5.36. The monoisotopic (exact) mass is 111 g/mol. The molecular weight excluding hydrogens is 100 g/mol. The van der Waals surface area contributed by atoms with Crippen LogP contribution in [0.5, 0.6) is 0 Å². The lowest BCUT2D eigenvalue weighted by atomic mass is 9.99. The van der Waals surface area contributed by atoms with Crippen LogP contribution in [0.15, 0.2) is 0 Å². The first-order valence-corrected chi connectivity index (χ1v) is 2.84. The molecule has 45 valence electrons. The number of hydrogen-bond donors (Lipinski definition) is 1. The van der Waals surface area contributed by atoms with Gasteiger partial charge in [-0.25, -0.2) is 0 Å². The maximum atomic E-state index is 9.14. The average Bonchev–Trinajstić information content (AvgIpc) is 1.87. The second kappa shape index (κ2) is 2.74. The number of aliphatic hydroxyl groups is 1. The Morgan fingerprint density at radius 1 is 1.50 bits per heavy atom. The van der Waals surface area contributed by atoms with Crippen LogP contribution in [0.25, 0.3) is 0 Å². The van der Waals surface area contributed by atoms with Crippen LogP contribution in [0.2, 0.25) is 0 Å². The zero-order chi connectivity index (χ0) is 6.62. The first kappa shape index (κ1) is 7.52. The Morgan fingerprint density at radius 3 is 1.88 bits per heavy atom. The molecule has 0 bridgehead atoms. The lowest BCUT2D eigenvalue weighted by Crippen LogP contribution is -2.23. The van der Waals surface area contributed by atoms with Gasteiger partial charge in [0.05, 0.1) is 0 Å². The first-order valence-electron chi connectivity index (χ1n) is 2.84. The molecule has 0 fully saturated rings. The van der Waals surface area contributed by atoms with Gasteiger partial charge in [0.2, 0.25) is 0 Å². The largest absolute Gasteiger partial charge is 0.378 e. The summed E-state index contributed by atoms with van der Waals surface area (Å²) in [5.74, 6) is 2.08. The molecule has 0 aliphatic heterocycles. The van der Waals surface area contributed by atoms with Crippen molar-refractivity contribution in [1.82, 2.24) is 0 Å². The molecule has 0 aliphatic carbocycles. The van der Waals surface area contributed by atoms with Crippen LogP contribution in [0.1, 0.15) is 26.7 Å². The van der Waals surface area contributed by atoms with Gasteiger partial charge >= 0.3 is 0 Å². The SMILES string of the molecule is [C]#CC(O)(CC)CC. The molecular formula is C7H11O. The lowest BCUT2D eigenvalue weighted by Gasteiger charge is -2.15. The number of rotatable bonds is 2. The fraction of sp³-hybridized carbons (Fsp3) is 0.714. The van der Waals surface area contributed by atoms with Crippen LogP contribution in [0.3, 0.4) is 0 Å². The van der Waals surface area contributed by atoms with E-state index in [-0.39, 0.29) is 0 Å². The third kappa shape index (κ3) is 1.55. The molecule has 1 N–H and O–H groups in total. The van der Waals surface area contributed by atoms with Crippen LogP contribution in [-0.2, 0) is 0 Å². The minimum Gasteiger partial charge on any atom is -0.378 e. The van der Waals surface area contributed by atoms with E-state index in [2.05, 4.69) is 5.92 Å². The Balaban J connectivity index is 3.83. The third-order valence-corrected chi connectivity index (χ3v) is 1.40. The summed E-state index contributed by atoms with van der Waals surface area (Å²) in [7, 11) is 0. The topological polar surface area (TPSA) is 20.2 Å². The van der Waals surface area contributed by atoms with Crippen molar-refractivity contribution in [1.29, 1.82) is 0 Å². The minimum absolute atomic E-state index is 0.576. The van der Waals surface area contributed by atoms with Crippen molar-refractivity contribution in [2.45, 2.75) is 32.3 Å². The van der Waals surface area contributed by atoms with Gasteiger partial charge in [-0.15, -0.1) is 0 Å². The van der Waals surface area contributed by atoms with E-state index >= 15 is 0 Å². The predicted octanol–water partition coefficient (Wildman–Crippen LogP) is 1.13. The van der Waals surface area contributed by atoms with Crippen LogP contribution in [0, 0.1) is 12.3 Å². The molecule has 0 saturated heterocycles. The summed E-state index contributed by atoms with van der Waals surface area (Å²) in [5, 5.41) is 9.14. The lowest BCUT2D eigenvalue weighted by molar-refractivity contribution is 0.0929. The summed E-state index contributed by atoms with van der Waals surface area (Å²) in [6.07, 6.45) is 7.81. The molecule has 0 heterocycles. The molecule has 0 aromatic carbocycles. The van der Waals surface area contributed by atoms with Crippen LogP contribution in [0.4, 0.5) is 0 Å². The molecule has 0 rings (SSSR count). The fourth-order valence-corrected chi connectivity index (χ4v) is 0.427. The van der Waals surface area contributed by atoms with E-state index < -0.39 is 5.60 Å². The van der Waals surface area contributed by atoms with Gasteiger partial charge in [0.25, 0.3) is 0 Å². The molecule has 0 atom stereocenters. The Hall–Kier alpha value is -0.480. The predicted molar refractivity (Wildman–Crippen MR) is 32.7 cm³/mol. The molecule has 1 radical (unpaired) electrons. The normalized spacial score (nSPS) is 10.8. The van der Waals surface area contributed by atoms with E-state index in [4.69, 9.17) is 11.5 Å². The van der Waals surface area contributed by atoms with Gasteiger partial charge in [-0.1, -0.05) is 19.8 Å². The van der Waals surface area contributed by atoms with Crippen LogP contribution in [-0.4, -0.2) is 10.7 Å². The molecule has 0 aromatic heterocycles. The van der Waals surface area contributed by atoms with E-state index in [9.17, 15) is 0 Å². The maximum Gasteiger partial charge on any atom is 0.126 e. The molecule has 1 heteroatoms. The molecule has 0 aromatic rings. The summed E-state index contributed by atoms with van der Waals surface area (Å²) in [6.45, 7) is 3.68. The van der Waals surface area contributed by atoms with Crippen molar-refractivity contribution in [3.05, 3.63) is 6.42 Å². The van der Waals surface area contributed by atoms with E-state index in [1.165, 1.54) is 0 Å². The molecule has 0 unspecified atom stereocenters. The molecule has 8 heavy (non-hydrogen) atoms. The summed E-state index contributed by atoms with van der Waals surface area (Å²) < 4.78 is 0. The molecule has 0 amide bonds. The second-order valence-corrected chi connectivity index (χ2v) is 1.86. The van der Waals surface area contributed by atoms with Gasteiger partial charge in [0.1, 0.15) is 5.60 Å². The molecule has 0 saturated carbocycles. The van der Waals surface area contributed by atoms with E-state index in [0.29, 0.717) is 12.8 Å². The quantitative estimate of drug-likeness (QED) is 0.529. The van der Waals surface area contributed by atoms with Crippen molar-refractivity contribution in [3.63, 3.8) is 0 Å². The zero-order valence-corrected chi connectivity index (χ0v) is 5.36. The number of hydrogen-bond acceptors (Lipinski definition) is 1. The first-order chi connectivity index (χ1) is 3.68. The molecule has 0 aliphatic rings. The van der Waals surface area contributed by atoms with Crippen molar-refractivity contribution in [3.8, 4) is 5.92 Å². The standard InChI is InChI=1S/C7H11O/c1-4-7(8,5-2)6-3/h8H,4-5H2,1-2H3. The van der Waals surface area contributed by atoms with E-state index in [0.717, 1.165) is 0 Å². The Morgan fingerprint density at radius 2 is 1.88 bits per heavy atom. The summed E-state index contributed by atoms with van der Waals surface area (Å²) in [4.78, 5) is 0. The smallest absolute Gasteiger partial charge is 0.126 e. The van der Waals surface area contributed by atoms with E-state index in [1.807, 2.05) is 13.8 Å². The van der Waals surface area contributed by atoms with Gasteiger partial charge in [0, 0.05) is 0 Å². The summed E-state index contributed by atoms with van der Waals surface area (Å²) in [6, 6.07) is 0. The Labute approximate surface area is 50.7 Å². The van der Waals surface area contributed by atoms with Crippen LogP contribution >= 0.6 is 0 Å². The van der Waals surface area contributed by atoms with Gasteiger partial charge in [0.15, 0.2) is 0 Å². The third-order valence-electron chi connectivity index (χ3n) is 1.40. The minimum atomic E-state index is -0.958. The Kier molecular flexibility index (Phi) is 2.57. The highest BCUT2D eigenvalue weighted by Crippen LogP contribution is 2.11. The molecule has 0 spiro atoms. The van der Waals surface area contributed by atoms with Crippen LogP contribution < -0.4 is 0 Å². The molecule has 1 nitrogen and oxygen atoms in total. The highest BCUT2D eigenvalue weighted by atomic mass is 16.3. The van der Waals surface area contributed by atoms with Crippen molar-refractivity contribution < 1.29 is 5.11 Å². The van der Waals surface area contributed by atoms with Gasteiger partial charge in [-0.2, -0.15) is 0 Å². The second-order valence-electron chi connectivity index (χ2n) is 1.86. The van der Waals surface area contributed by atoms with Gasteiger partial charge < -0.3 is 5.11 Å². The highest BCUT2D eigenvalue weighted by Gasteiger charge is 2.16. The fourth-order valence-electron chi connectivity index (χ4n) is 0.427. The van der Waals surface area contributed by atoms with Crippen molar-refractivity contribution in [2.24, 2.45) is 0 Å².